The summed E-state index contributed by atoms with van der Waals surface area (Å²) in [6.45, 7) is 5.41. The second kappa shape index (κ2) is 6.11. The Hall–Kier alpha value is -2.78. The van der Waals surface area contributed by atoms with Gasteiger partial charge in [-0.1, -0.05) is 6.07 Å². The van der Waals surface area contributed by atoms with Crippen LogP contribution < -0.4 is 4.90 Å². The summed E-state index contributed by atoms with van der Waals surface area (Å²) in [5.74, 6) is -0.630. The van der Waals surface area contributed by atoms with Crippen LogP contribution in [0.4, 0.5) is 28.4 Å². The molecule has 3 saturated heterocycles. The van der Waals surface area contributed by atoms with Crippen molar-refractivity contribution < 1.29 is 32.3 Å². The molecule has 4 rings (SSSR count). The summed E-state index contributed by atoms with van der Waals surface area (Å²) in [5.41, 5.74) is -1.79. The van der Waals surface area contributed by atoms with Gasteiger partial charge in [0.05, 0.1) is 23.3 Å². The number of anilines is 1. The van der Waals surface area contributed by atoms with Crippen molar-refractivity contribution in [1.82, 2.24) is 9.80 Å². The number of urea groups is 1. The standard InChI is InChI=1S/C19H20F3N3O4/c1-18(2,3)29-17(28)23-9-12-8-13(23)14-15(26)25(16(27)24(12)14)11-6-4-5-10(7-11)19(20,21)22/h4-7,12-14H,8-9H2,1-3H3/t12?,13?,14-/m1/s1. The van der Waals surface area contributed by atoms with E-state index in [0.29, 0.717) is 6.42 Å². The molecule has 3 atom stereocenters. The molecule has 1 aromatic carbocycles. The van der Waals surface area contributed by atoms with Crippen LogP contribution in [0.5, 0.6) is 0 Å². The van der Waals surface area contributed by atoms with Crippen molar-refractivity contribution >= 4 is 23.7 Å². The maximum atomic E-state index is 13.0. The third-order valence-corrected chi connectivity index (χ3v) is 5.32. The van der Waals surface area contributed by atoms with Crippen molar-refractivity contribution in [3.05, 3.63) is 29.8 Å². The van der Waals surface area contributed by atoms with Crippen molar-refractivity contribution in [3.63, 3.8) is 0 Å². The van der Waals surface area contributed by atoms with Crippen LogP contribution in [-0.4, -0.2) is 58.1 Å². The number of alkyl halides is 3. The Labute approximate surface area is 165 Å². The first-order valence-electron chi connectivity index (χ1n) is 9.21. The Morgan fingerprint density at radius 2 is 1.86 bits per heavy atom. The van der Waals surface area contributed by atoms with Gasteiger partial charge in [-0.2, -0.15) is 13.2 Å². The van der Waals surface area contributed by atoms with Gasteiger partial charge in [0.15, 0.2) is 0 Å². The smallest absolute Gasteiger partial charge is 0.416 e. The second-order valence-electron chi connectivity index (χ2n) is 8.45. The highest BCUT2D eigenvalue weighted by Crippen LogP contribution is 2.43. The average molecular weight is 411 g/mol. The molecule has 3 heterocycles. The van der Waals surface area contributed by atoms with Gasteiger partial charge in [-0.3, -0.25) is 4.79 Å². The molecule has 0 radical (unpaired) electrons. The number of rotatable bonds is 1. The van der Waals surface area contributed by atoms with Gasteiger partial charge in [0, 0.05) is 6.54 Å². The molecule has 0 saturated carbocycles. The highest BCUT2D eigenvalue weighted by Gasteiger charge is 2.63. The summed E-state index contributed by atoms with van der Waals surface area (Å²) in [4.78, 5) is 42.0. The number of piperazine rings is 1. The Morgan fingerprint density at radius 1 is 1.17 bits per heavy atom. The van der Waals surface area contributed by atoms with Crippen LogP contribution in [0.2, 0.25) is 0 Å². The van der Waals surface area contributed by atoms with Crippen LogP contribution in [0.3, 0.4) is 0 Å². The second-order valence-corrected chi connectivity index (χ2v) is 8.45. The van der Waals surface area contributed by atoms with Gasteiger partial charge in [-0.15, -0.1) is 0 Å². The van der Waals surface area contributed by atoms with E-state index in [9.17, 15) is 27.6 Å². The maximum absolute atomic E-state index is 13.0. The molecule has 1 aromatic rings. The first kappa shape index (κ1) is 19.5. The van der Waals surface area contributed by atoms with Crippen LogP contribution in [0, 0.1) is 0 Å². The lowest BCUT2D eigenvalue weighted by atomic mass is 10.1. The van der Waals surface area contributed by atoms with Crippen LogP contribution in [0.1, 0.15) is 32.8 Å². The number of likely N-dealkylation sites (tertiary alicyclic amines) is 1. The number of amides is 4. The lowest BCUT2D eigenvalue weighted by Gasteiger charge is -2.35. The molecule has 0 spiro atoms. The van der Waals surface area contributed by atoms with Gasteiger partial charge in [0.1, 0.15) is 11.6 Å². The number of halogens is 3. The fraction of sp³-hybridized carbons (Fsp3) is 0.526. The average Bonchev–Trinajstić information content (AvgIpc) is 3.24. The molecule has 156 valence electrons. The van der Waals surface area contributed by atoms with Crippen molar-refractivity contribution in [1.29, 1.82) is 0 Å². The van der Waals surface area contributed by atoms with E-state index < -0.39 is 47.5 Å². The Kier molecular flexibility index (Phi) is 4.11. The zero-order chi connectivity index (χ0) is 21.3. The van der Waals surface area contributed by atoms with E-state index >= 15 is 0 Å². The van der Waals surface area contributed by atoms with E-state index in [4.69, 9.17) is 4.74 Å². The molecular weight excluding hydrogens is 391 g/mol. The summed E-state index contributed by atoms with van der Waals surface area (Å²) in [7, 11) is 0. The van der Waals surface area contributed by atoms with Crippen LogP contribution in [0.25, 0.3) is 0 Å². The Balaban J connectivity index is 1.61. The van der Waals surface area contributed by atoms with Gasteiger partial charge >= 0.3 is 18.3 Å². The number of benzene rings is 1. The summed E-state index contributed by atoms with van der Waals surface area (Å²) >= 11 is 0. The van der Waals surface area contributed by atoms with Gasteiger partial charge in [0.2, 0.25) is 0 Å². The lowest BCUT2D eigenvalue weighted by molar-refractivity contribution is -0.137. The van der Waals surface area contributed by atoms with E-state index in [-0.39, 0.29) is 18.3 Å². The summed E-state index contributed by atoms with van der Waals surface area (Å²) in [5, 5.41) is 0. The number of hydrogen-bond donors (Lipinski definition) is 0. The normalized spacial score (nSPS) is 26.4. The van der Waals surface area contributed by atoms with E-state index in [0.717, 1.165) is 23.1 Å². The van der Waals surface area contributed by atoms with Gasteiger partial charge in [0.25, 0.3) is 5.91 Å². The van der Waals surface area contributed by atoms with E-state index in [1.54, 1.807) is 20.8 Å². The zero-order valence-electron chi connectivity index (χ0n) is 16.1. The minimum absolute atomic E-state index is 0.132. The van der Waals surface area contributed by atoms with E-state index in [1.807, 2.05) is 0 Å². The van der Waals surface area contributed by atoms with E-state index in [1.165, 1.54) is 15.9 Å². The summed E-state index contributed by atoms with van der Waals surface area (Å²) in [6, 6.07) is 1.62. The number of carbonyl (C=O) groups is 3. The predicted molar refractivity (Wildman–Crippen MR) is 95.1 cm³/mol. The van der Waals surface area contributed by atoms with Crippen LogP contribution in [-0.2, 0) is 15.7 Å². The van der Waals surface area contributed by atoms with Crippen molar-refractivity contribution in [3.8, 4) is 0 Å². The van der Waals surface area contributed by atoms with Crippen LogP contribution in [0.15, 0.2) is 24.3 Å². The van der Waals surface area contributed by atoms with Gasteiger partial charge in [-0.25, -0.2) is 14.5 Å². The van der Waals surface area contributed by atoms with Crippen molar-refractivity contribution in [2.24, 2.45) is 0 Å². The molecule has 3 aliphatic rings. The minimum atomic E-state index is -4.59. The lowest BCUT2D eigenvalue weighted by Crippen LogP contribution is -2.55. The molecule has 0 aromatic heterocycles. The molecule has 3 aliphatic heterocycles. The fourth-order valence-electron chi connectivity index (χ4n) is 4.25. The number of carbonyl (C=O) groups excluding carboxylic acids is 3. The molecule has 0 aliphatic carbocycles. The first-order chi connectivity index (χ1) is 13.4. The monoisotopic (exact) mass is 411 g/mol. The predicted octanol–water partition coefficient (Wildman–Crippen LogP) is 3.23. The number of nitrogens with zero attached hydrogens (tertiary/aromatic N) is 3. The molecule has 4 amide bonds. The first-order valence-corrected chi connectivity index (χ1v) is 9.21. The number of hydrogen-bond acceptors (Lipinski definition) is 4. The Bertz CT molecular complexity index is 895. The minimum Gasteiger partial charge on any atom is -0.444 e. The quantitative estimate of drug-likeness (QED) is 0.666. The highest BCUT2D eigenvalue weighted by atomic mass is 19.4. The van der Waals surface area contributed by atoms with Crippen LogP contribution >= 0.6 is 0 Å². The number of fused-ring (bicyclic) bond motifs is 5. The topological polar surface area (TPSA) is 70.2 Å². The molecule has 10 heteroatoms. The fourth-order valence-corrected chi connectivity index (χ4v) is 4.25. The summed E-state index contributed by atoms with van der Waals surface area (Å²) in [6.07, 6.45) is -4.72. The zero-order valence-corrected chi connectivity index (χ0v) is 16.1. The molecule has 29 heavy (non-hydrogen) atoms. The number of ether oxygens (including phenoxy) is 1. The summed E-state index contributed by atoms with van der Waals surface area (Å²) < 4.78 is 44.5. The molecule has 3 fully saturated rings. The van der Waals surface area contributed by atoms with Crippen molar-refractivity contribution in [2.45, 2.75) is 57.1 Å². The maximum Gasteiger partial charge on any atom is 0.416 e. The highest BCUT2D eigenvalue weighted by molar-refractivity contribution is 6.22. The van der Waals surface area contributed by atoms with Gasteiger partial charge in [-0.05, 0) is 45.4 Å². The molecular formula is C19H20F3N3O4. The molecule has 7 nitrogen and oxygen atoms in total. The third kappa shape index (κ3) is 3.10. The largest absolute Gasteiger partial charge is 0.444 e. The third-order valence-electron chi connectivity index (χ3n) is 5.32. The number of imide groups is 1. The molecule has 2 unspecified atom stereocenters. The molecule has 2 bridgehead atoms. The van der Waals surface area contributed by atoms with Gasteiger partial charge < -0.3 is 14.5 Å². The Morgan fingerprint density at radius 3 is 2.48 bits per heavy atom. The molecule has 0 N–H and O–H groups in total. The van der Waals surface area contributed by atoms with Crippen molar-refractivity contribution in [2.75, 3.05) is 11.4 Å². The SMILES string of the molecule is CC(C)(C)OC(=O)N1CC2CC1[C@@H]1C(=O)N(c3cccc(C(F)(F)F)c3)C(=O)N21. The van der Waals surface area contributed by atoms with E-state index in [2.05, 4.69) is 0 Å².